The first kappa shape index (κ1) is 38.5. The second kappa shape index (κ2) is 16.0. The Morgan fingerprint density at radius 2 is 0.716 bits per heavy atom. The van der Waals surface area contributed by atoms with Gasteiger partial charge in [-0.1, -0.05) is 182 Å². The van der Waals surface area contributed by atoms with E-state index in [-0.39, 0.29) is 0 Å². The Morgan fingerprint density at radius 1 is 0.284 bits per heavy atom. The number of benzene rings is 11. The maximum absolute atomic E-state index is 6.21. The lowest BCUT2D eigenvalue weighted by molar-refractivity contribution is 0.669. The fourth-order valence-corrected chi connectivity index (χ4v) is 10.2. The molecule has 0 aliphatic carbocycles. The summed E-state index contributed by atoms with van der Waals surface area (Å²) in [6, 6.07) is 91.9. The van der Waals surface area contributed by atoms with E-state index >= 15 is 0 Å². The Morgan fingerprint density at radius 3 is 1.37 bits per heavy atom. The van der Waals surface area contributed by atoms with Crippen LogP contribution in [0.5, 0.6) is 0 Å². The zero-order chi connectivity index (χ0) is 44.3. The van der Waals surface area contributed by atoms with Crippen LogP contribution in [-0.2, 0) is 0 Å². The molecule has 2 heterocycles. The van der Waals surface area contributed by atoms with E-state index in [0.29, 0.717) is 0 Å². The topological polar surface area (TPSA) is 21.3 Å². The quantitative estimate of drug-likeness (QED) is 0.152. The molecule has 314 valence electrons. The molecule has 11 aromatic carbocycles. The van der Waals surface area contributed by atoms with E-state index in [2.05, 4.69) is 252 Å². The minimum Gasteiger partial charge on any atom is -0.456 e. The summed E-state index contributed by atoms with van der Waals surface area (Å²) in [4.78, 5) is 2.36. The van der Waals surface area contributed by atoms with E-state index in [1.807, 2.05) is 12.1 Å². The van der Waals surface area contributed by atoms with Crippen LogP contribution in [0.2, 0.25) is 0 Å². The molecule has 0 aliphatic rings. The van der Waals surface area contributed by atoms with E-state index in [0.717, 1.165) is 72.5 Å². The van der Waals surface area contributed by atoms with Crippen molar-refractivity contribution in [3.05, 3.63) is 255 Å². The fraction of sp³-hybridized carbons (Fsp3) is 0. The highest BCUT2D eigenvalue weighted by atomic mass is 16.3. The molecule has 0 bridgehead atoms. The van der Waals surface area contributed by atoms with Crippen molar-refractivity contribution in [1.82, 2.24) is 4.57 Å². The van der Waals surface area contributed by atoms with Crippen LogP contribution in [0.25, 0.3) is 105 Å². The monoisotopic (exact) mass is 854 g/mol. The Balaban J connectivity index is 0.857. The first-order valence-corrected chi connectivity index (χ1v) is 22.9. The summed E-state index contributed by atoms with van der Waals surface area (Å²) in [5, 5.41) is 7.29. The number of aromatic nitrogens is 1. The smallest absolute Gasteiger partial charge is 0.136 e. The standard InChI is InChI=1S/C64H42N2O/c1-2-14-53-46(12-1)13-11-19-54(53)47-30-37-51(38-31-47)65(50-35-28-44(29-36-50)43-24-26-45(27-25-43)49-34-41-59-58-18-6-10-23-63(58)67-64(59)42-49)52-39-32-48(33-40-52)55-15-3-7-20-60(55)66-61-21-8-4-16-56(61)57-17-5-9-22-62(57)66/h1-42H. The molecule has 0 saturated carbocycles. The molecule has 3 nitrogen and oxygen atoms in total. The average molecular weight is 855 g/mol. The number of hydrogen-bond donors (Lipinski definition) is 0. The van der Waals surface area contributed by atoms with Crippen molar-refractivity contribution < 1.29 is 4.42 Å². The van der Waals surface area contributed by atoms with Crippen molar-refractivity contribution >= 4 is 71.6 Å². The van der Waals surface area contributed by atoms with Crippen molar-refractivity contribution in [3.63, 3.8) is 0 Å². The molecular weight excluding hydrogens is 813 g/mol. The largest absolute Gasteiger partial charge is 0.456 e. The SMILES string of the molecule is c1ccc(-n2c3ccccc3c3ccccc32)c(-c2ccc(N(c3ccc(-c4ccc(-c5ccc6c(c5)oc5ccccc56)cc4)cc3)c3ccc(-c4cccc5ccccc45)cc3)cc2)c1. The summed E-state index contributed by atoms with van der Waals surface area (Å²) >= 11 is 0. The average Bonchev–Trinajstić information content (AvgIpc) is 3.95. The van der Waals surface area contributed by atoms with Crippen molar-refractivity contribution in [2.75, 3.05) is 4.90 Å². The minimum absolute atomic E-state index is 0.907. The Labute approximate surface area is 388 Å². The summed E-state index contributed by atoms with van der Waals surface area (Å²) in [5.41, 5.74) is 18.0. The first-order valence-electron chi connectivity index (χ1n) is 22.9. The van der Waals surface area contributed by atoms with Gasteiger partial charge < -0.3 is 13.9 Å². The van der Waals surface area contributed by atoms with Gasteiger partial charge >= 0.3 is 0 Å². The molecule has 13 rings (SSSR count). The van der Waals surface area contributed by atoms with Crippen LogP contribution < -0.4 is 4.90 Å². The second-order valence-electron chi connectivity index (χ2n) is 17.3. The molecule has 0 unspecified atom stereocenters. The molecule has 2 aromatic heterocycles. The van der Waals surface area contributed by atoms with Crippen molar-refractivity contribution in [2.24, 2.45) is 0 Å². The highest BCUT2D eigenvalue weighted by Crippen LogP contribution is 2.41. The lowest BCUT2D eigenvalue weighted by Gasteiger charge is -2.26. The Kier molecular flexibility index (Phi) is 9.17. The molecule has 3 heteroatoms. The van der Waals surface area contributed by atoms with E-state index in [1.165, 1.54) is 49.3 Å². The van der Waals surface area contributed by atoms with Crippen LogP contribution in [0.15, 0.2) is 259 Å². The van der Waals surface area contributed by atoms with Gasteiger partial charge in [0.25, 0.3) is 0 Å². The molecule has 0 spiro atoms. The van der Waals surface area contributed by atoms with E-state index in [1.54, 1.807) is 0 Å². The third-order valence-electron chi connectivity index (χ3n) is 13.4. The van der Waals surface area contributed by atoms with Gasteiger partial charge in [-0.25, -0.2) is 0 Å². The van der Waals surface area contributed by atoms with Crippen LogP contribution in [0, 0.1) is 0 Å². The van der Waals surface area contributed by atoms with Gasteiger partial charge in [-0.15, -0.1) is 0 Å². The van der Waals surface area contributed by atoms with Crippen LogP contribution in [-0.4, -0.2) is 4.57 Å². The lowest BCUT2D eigenvalue weighted by atomic mass is 9.98. The third kappa shape index (κ3) is 6.67. The Bertz CT molecular complexity index is 3890. The van der Waals surface area contributed by atoms with Gasteiger partial charge in [-0.05, 0) is 123 Å². The zero-order valence-electron chi connectivity index (χ0n) is 36.6. The number of hydrogen-bond acceptors (Lipinski definition) is 2. The normalized spacial score (nSPS) is 11.6. The Hall–Kier alpha value is -8.92. The number of rotatable bonds is 8. The van der Waals surface area contributed by atoms with Gasteiger partial charge in [0.1, 0.15) is 11.2 Å². The molecule has 0 saturated heterocycles. The van der Waals surface area contributed by atoms with Crippen LogP contribution in [0.3, 0.4) is 0 Å². The summed E-state index contributed by atoms with van der Waals surface area (Å²) in [6.45, 7) is 0. The number of furan rings is 1. The maximum atomic E-state index is 6.21. The molecule has 0 aliphatic heterocycles. The highest BCUT2D eigenvalue weighted by Gasteiger charge is 2.18. The zero-order valence-corrected chi connectivity index (χ0v) is 36.6. The van der Waals surface area contributed by atoms with Crippen LogP contribution in [0.4, 0.5) is 17.1 Å². The summed E-state index contributed by atoms with van der Waals surface area (Å²) < 4.78 is 8.62. The molecule has 0 N–H and O–H groups in total. The van der Waals surface area contributed by atoms with Crippen molar-refractivity contribution in [2.45, 2.75) is 0 Å². The van der Waals surface area contributed by atoms with Gasteiger partial charge in [0.2, 0.25) is 0 Å². The maximum Gasteiger partial charge on any atom is 0.136 e. The van der Waals surface area contributed by atoms with Crippen LogP contribution >= 0.6 is 0 Å². The fourth-order valence-electron chi connectivity index (χ4n) is 10.2. The number of fused-ring (bicyclic) bond motifs is 7. The van der Waals surface area contributed by atoms with Gasteiger partial charge in [-0.3, -0.25) is 0 Å². The summed E-state index contributed by atoms with van der Waals surface area (Å²) in [5.74, 6) is 0. The van der Waals surface area contributed by atoms with Gasteiger partial charge in [-0.2, -0.15) is 0 Å². The lowest BCUT2D eigenvalue weighted by Crippen LogP contribution is -2.09. The molecule has 67 heavy (non-hydrogen) atoms. The predicted molar refractivity (Wildman–Crippen MR) is 282 cm³/mol. The van der Waals surface area contributed by atoms with E-state index in [4.69, 9.17) is 4.42 Å². The van der Waals surface area contributed by atoms with Gasteiger partial charge in [0.05, 0.1) is 16.7 Å². The summed E-state index contributed by atoms with van der Waals surface area (Å²) in [7, 11) is 0. The van der Waals surface area contributed by atoms with Gasteiger partial charge in [0.15, 0.2) is 0 Å². The minimum atomic E-state index is 0.907. The number of para-hydroxylation sites is 4. The molecule has 0 fully saturated rings. The first-order chi connectivity index (χ1) is 33.2. The predicted octanol–water partition coefficient (Wildman–Crippen LogP) is 18.0. The molecule has 13 aromatic rings. The highest BCUT2D eigenvalue weighted by molar-refractivity contribution is 6.10. The van der Waals surface area contributed by atoms with Crippen LogP contribution in [0.1, 0.15) is 0 Å². The number of anilines is 3. The molecule has 0 radical (unpaired) electrons. The third-order valence-corrected chi connectivity index (χ3v) is 13.4. The van der Waals surface area contributed by atoms with Crippen molar-refractivity contribution in [1.29, 1.82) is 0 Å². The molecule has 0 amide bonds. The molecular formula is C64H42N2O. The number of nitrogens with zero attached hydrogens (tertiary/aromatic N) is 2. The van der Waals surface area contributed by atoms with Gasteiger partial charge in [0, 0.05) is 44.2 Å². The van der Waals surface area contributed by atoms with Crippen molar-refractivity contribution in [3.8, 4) is 50.2 Å². The van der Waals surface area contributed by atoms with E-state index in [9.17, 15) is 0 Å². The summed E-state index contributed by atoms with van der Waals surface area (Å²) in [6.07, 6.45) is 0. The molecule has 0 atom stereocenters. The second-order valence-corrected chi connectivity index (χ2v) is 17.3. The van der Waals surface area contributed by atoms with E-state index < -0.39 is 0 Å².